The minimum Gasteiger partial charge on any atom is -0.492 e. The molecular weight excluding hydrogens is 516 g/mol. The molecule has 2 heterocycles. The molecule has 2 unspecified atom stereocenters. The van der Waals surface area contributed by atoms with Crippen molar-refractivity contribution in [1.82, 2.24) is 9.47 Å². The second-order valence-electron chi connectivity index (χ2n) is 11.5. The smallest absolute Gasteiger partial charge is 0.410 e. The lowest BCUT2D eigenvalue weighted by Gasteiger charge is -2.39. The van der Waals surface area contributed by atoms with Gasteiger partial charge in [0.1, 0.15) is 18.0 Å². The van der Waals surface area contributed by atoms with Crippen LogP contribution in [0.3, 0.4) is 0 Å². The fourth-order valence-corrected chi connectivity index (χ4v) is 5.21. The summed E-state index contributed by atoms with van der Waals surface area (Å²) in [5.74, 6) is 0.748. The molecule has 1 amide bonds. The Morgan fingerprint density at radius 2 is 1.68 bits per heavy atom. The minimum absolute atomic E-state index is 0.0305. The van der Waals surface area contributed by atoms with Crippen molar-refractivity contribution in [3.63, 3.8) is 0 Å². The van der Waals surface area contributed by atoms with Gasteiger partial charge in [-0.2, -0.15) is 0 Å². The summed E-state index contributed by atoms with van der Waals surface area (Å²) in [5.41, 5.74) is 1.32. The maximum Gasteiger partial charge on any atom is 0.410 e. The third-order valence-corrected chi connectivity index (χ3v) is 7.28. The third-order valence-electron chi connectivity index (χ3n) is 7.28. The number of likely N-dealkylation sites (tertiary alicyclic amines) is 1. The molecule has 0 radical (unpaired) electrons. The highest BCUT2D eigenvalue weighted by atomic mass is 16.6. The van der Waals surface area contributed by atoms with Crippen molar-refractivity contribution in [2.24, 2.45) is 0 Å². The van der Waals surface area contributed by atoms with E-state index in [4.69, 9.17) is 14.2 Å². The zero-order valence-electron chi connectivity index (χ0n) is 24.0. The Balaban J connectivity index is 1.30. The van der Waals surface area contributed by atoms with Gasteiger partial charge in [0.25, 0.3) is 5.56 Å². The fraction of sp³-hybridized carbons (Fsp3) is 0.353. The lowest BCUT2D eigenvalue weighted by Crippen LogP contribution is -2.48. The predicted octanol–water partition coefficient (Wildman–Crippen LogP) is 6.39. The molecule has 7 heteroatoms. The lowest BCUT2D eigenvalue weighted by molar-refractivity contribution is -0.0359. The number of hydrogen-bond acceptors (Lipinski definition) is 5. The fourth-order valence-electron chi connectivity index (χ4n) is 5.21. The van der Waals surface area contributed by atoms with Gasteiger partial charge in [0, 0.05) is 24.7 Å². The largest absolute Gasteiger partial charge is 0.492 e. The Bertz CT molecular complexity index is 1530. The minimum atomic E-state index is -0.579. The molecule has 0 aliphatic carbocycles. The highest BCUT2D eigenvalue weighted by molar-refractivity contribution is 5.82. The van der Waals surface area contributed by atoms with Gasteiger partial charge in [-0.15, -0.1) is 0 Å². The number of fused-ring (bicyclic) bond motifs is 1. The topological polar surface area (TPSA) is 70.0 Å². The summed E-state index contributed by atoms with van der Waals surface area (Å²) in [6.45, 7) is 7.77. The second-order valence-corrected chi connectivity index (χ2v) is 11.5. The lowest BCUT2D eigenvalue weighted by atomic mass is 9.87. The van der Waals surface area contributed by atoms with Crippen LogP contribution < -0.4 is 10.3 Å². The number of benzene rings is 3. The molecule has 0 N–H and O–H groups in total. The zero-order valence-corrected chi connectivity index (χ0v) is 24.0. The number of nitrogens with zero attached hydrogens (tertiary/aromatic N) is 2. The number of para-hydroxylation sites is 1. The van der Waals surface area contributed by atoms with Crippen molar-refractivity contribution in [1.29, 1.82) is 0 Å². The molecule has 1 aliphatic heterocycles. The molecule has 0 bridgehead atoms. The highest BCUT2D eigenvalue weighted by Gasteiger charge is 2.35. The highest BCUT2D eigenvalue weighted by Crippen LogP contribution is 2.31. The SMILES string of the molecule is CC(C)(C)OC(=O)N1CCC(c2ccn(CCOc3ccccc3)c(=O)c2)C(OCc2ccc3ccccc3c2)C1. The molecule has 41 heavy (non-hydrogen) atoms. The molecule has 1 saturated heterocycles. The van der Waals surface area contributed by atoms with E-state index in [9.17, 15) is 9.59 Å². The van der Waals surface area contributed by atoms with Crippen LogP contribution in [-0.4, -0.2) is 47.0 Å². The van der Waals surface area contributed by atoms with Crippen LogP contribution in [0.5, 0.6) is 5.75 Å². The molecule has 1 fully saturated rings. The van der Waals surface area contributed by atoms with Gasteiger partial charge in [0.15, 0.2) is 0 Å². The normalized spacial score (nSPS) is 17.4. The van der Waals surface area contributed by atoms with E-state index in [0.29, 0.717) is 39.3 Å². The average molecular weight is 555 g/mol. The van der Waals surface area contributed by atoms with Crippen LogP contribution >= 0.6 is 0 Å². The van der Waals surface area contributed by atoms with Crippen LogP contribution in [-0.2, 0) is 22.6 Å². The number of pyridine rings is 1. The maximum absolute atomic E-state index is 13.0. The number of amides is 1. The van der Waals surface area contributed by atoms with Gasteiger partial charge in [-0.25, -0.2) is 4.79 Å². The Morgan fingerprint density at radius 3 is 2.44 bits per heavy atom. The van der Waals surface area contributed by atoms with E-state index in [1.807, 2.05) is 75.5 Å². The van der Waals surface area contributed by atoms with E-state index in [2.05, 4.69) is 30.3 Å². The van der Waals surface area contributed by atoms with E-state index in [1.54, 1.807) is 15.5 Å². The zero-order chi connectivity index (χ0) is 28.8. The number of rotatable bonds is 8. The molecule has 1 aromatic heterocycles. The van der Waals surface area contributed by atoms with E-state index in [0.717, 1.165) is 22.3 Å². The predicted molar refractivity (Wildman–Crippen MR) is 160 cm³/mol. The van der Waals surface area contributed by atoms with Gasteiger partial charge in [0.2, 0.25) is 0 Å². The van der Waals surface area contributed by atoms with Crippen molar-refractivity contribution in [2.75, 3.05) is 19.7 Å². The van der Waals surface area contributed by atoms with E-state index in [1.165, 1.54) is 5.39 Å². The maximum atomic E-state index is 13.0. The Labute approximate surface area is 241 Å². The molecule has 4 aromatic rings. The van der Waals surface area contributed by atoms with Crippen LogP contribution in [0, 0.1) is 0 Å². The van der Waals surface area contributed by atoms with Gasteiger partial charge in [-0.05, 0) is 73.4 Å². The summed E-state index contributed by atoms with van der Waals surface area (Å²) in [6, 6.07) is 27.8. The number of carbonyl (C=O) groups excluding carboxylic acids is 1. The standard InChI is InChI=1S/C34H38N2O5/c1-34(2,3)41-33(38)36-18-16-30(31(23-36)40-24-25-13-14-26-9-7-8-10-27(26)21-25)28-15-17-35(32(37)22-28)19-20-39-29-11-5-4-6-12-29/h4-15,17,21-22,30-31H,16,18-20,23-24H2,1-3H3. The van der Waals surface area contributed by atoms with Crippen LogP contribution in [0.4, 0.5) is 4.79 Å². The van der Waals surface area contributed by atoms with Crippen molar-refractivity contribution < 1.29 is 19.0 Å². The van der Waals surface area contributed by atoms with Gasteiger partial charge in [-0.3, -0.25) is 4.79 Å². The Kier molecular flexibility index (Phi) is 8.74. The van der Waals surface area contributed by atoms with Crippen LogP contribution in [0.2, 0.25) is 0 Å². The van der Waals surface area contributed by atoms with E-state index >= 15 is 0 Å². The molecule has 1 aliphatic rings. The summed E-state index contributed by atoms with van der Waals surface area (Å²) in [6.07, 6.45) is 1.86. The van der Waals surface area contributed by atoms with Crippen molar-refractivity contribution in [2.45, 2.75) is 58.0 Å². The number of ether oxygens (including phenoxy) is 3. The van der Waals surface area contributed by atoms with E-state index in [-0.39, 0.29) is 23.7 Å². The van der Waals surface area contributed by atoms with Crippen LogP contribution in [0.15, 0.2) is 95.9 Å². The molecule has 214 valence electrons. The quantitative estimate of drug-likeness (QED) is 0.252. The molecule has 2 atom stereocenters. The first-order chi connectivity index (χ1) is 19.7. The van der Waals surface area contributed by atoms with Crippen molar-refractivity contribution in [3.8, 4) is 5.75 Å². The average Bonchev–Trinajstić information content (AvgIpc) is 2.96. The van der Waals surface area contributed by atoms with Gasteiger partial charge in [-0.1, -0.05) is 54.6 Å². The van der Waals surface area contributed by atoms with Crippen molar-refractivity contribution in [3.05, 3.63) is 113 Å². The van der Waals surface area contributed by atoms with Gasteiger partial charge < -0.3 is 23.7 Å². The van der Waals surface area contributed by atoms with Gasteiger partial charge >= 0.3 is 6.09 Å². The molecule has 3 aromatic carbocycles. The summed E-state index contributed by atoms with van der Waals surface area (Å²) < 4.78 is 19.6. The monoisotopic (exact) mass is 554 g/mol. The second kappa shape index (κ2) is 12.6. The number of aromatic nitrogens is 1. The Hall–Kier alpha value is -4.10. The van der Waals surface area contributed by atoms with Crippen molar-refractivity contribution >= 4 is 16.9 Å². The number of piperidine rings is 1. The summed E-state index contributed by atoms with van der Waals surface area (Å²) in [7, 11) is 0. The molecule has 0 spiro atoms. The molecule has 5 rings (SSSR count). The molecule has 7 nitrogen and oxygen atoms in total. The number of hydrogen-bond donors (Lipinski definition) is 0. The summed E-state index contributed by atoms with van der Waals surface area (Å²) in [4.78, 5) is 27.7. The van der Waals surface area contributed by atoms with Crippen LogP contribution in [0.1, 0.15) is 44.2 Å². The van der Waals surface area contributed by atoms with E-state index < -0.39 is 5.60 Å². The van der Waals surface area contributed by atoms with Crippen LogP contribution in [0.25, 0.3) is 10.8 Å². The first-order valence-electron chi connectivity index (χ1n) is 14.2. The first-order valence-corrected chi connectivity index (χ1v) is 14.2. The summed E-state index contributed by atoms with van der Waals surface area (Å²) in [5, 5.41) is 2.33. The Morgan fingerprint density at radius 1 is 0.927 bits per heavy atom. The summed E-state index contributed by atoms with van der Waals surface area (Å²) >= 11 is 0. The number of carbonyl (C=O) groups is 1. The molecule has 0 saturated carbocycles. The first kappa shape index (κ1) is 28.4. The molecular formula is C34H38N2O5. The third kappa shape index (κ3) is 7.55. The van der Waals surface area contributed by atoms with Gasteiger partial charge in [0.05, 0.1) is 25.8 Å².